The summed E-state index contributed by atoms with van der Waals surface area (Å²) in [6.07, 6.45) is 0.970. The topological polar surface area (TPSA) is 54.7 Å². The third-order valence-corrected chi connectivity index (χ3v) is 3.76. The second kappa shape index (κ2) is 5.17. The number of nitrogens with one attached hydrogen (secondary N) is 1. The van der Waals surface area contributed by atoms with Crippen molar-refractivity contribution in [1.82, 2.24) is 9.97 Å². The normalized spacial score (nSPS) is 12.7. The van der Waals surface area contributed by atoms with Crippen molar-refractivity contribution in [1.29, 1.82) is 0 Å². The number of aromatic amines is 1. The van der Waals surface area contributed by atoms with Crippen LogP contribution in [0.1, 0.15) is 30.7 Å². The van der Waals surface area contributed by atoms with Gasteiger partial charge in [0.25, 0.3) is 0 Å². The lowest BCUT2D eigenvalue weighted by Crippen LogP contribution is -2.01. The molecular weight excluding hydrogens is 270 g/mol. The number of aromatic nitrogens is 2. The molecule has 1 atom stereocenters. The average Bonchev–Trinajstić information content (AvgIpc) is 2.84. The summed E-state index contributed by atoms with van der Waals surface area (Å²) in [6, 6.07) is 14.0. The van der Waals surface area contributed by atoms with Crippen molar-refractivity contribution in [2.24, 2.45) is 0 Å². The van der Waals surface area contributed by atoms with Gasteiger partial charge in [0.2, 0.25) is 0 Å². The van der Waals surface area contributed by atoms with E-state index in [-0.39, 0.29) is 5.92 Å². The molecule has 3 aromatic rings. The minimum atomic E-state index is 0.238. The Morgan fingerprint density at radius 2 is 2.00 bits per heavy atom. The SMILES string of the molecule is CCC(c1ccccc1)c1nc2c(N)cc(Cl)cc2[nH]1. The number of hydrogen-bond donors (Lipinski definition) is 2. The number of benzene rings is 2. The van der Waals surface area contributed by atoms with Crippen LogP contribution < -0.4 is 5.73 Å². The molecule has 3 N–H and O–H groups in total. The zero-order valence-electron chi connectivity index (χ0n) is 11.2. The van der Waals surface area contributed by atoms with Gasteiger partial charge in [0.05, 0.1) is 11.2 Å². The van der Waals surface area contributed by atoms with Gasteiger partial charge in [-0.15, -0.1) is 0 Å². The summed E-state index contributed by atoms with van der Waals surface area (Å²) in [7, 11) is 0. The Balaban J connectivity index is 2.11. The number of anilines is 1. The number of H-pyrrole nitrogens is 1. The van der Waals surface area contributed by atoms with Crippen LogP contribution in [0.15, 0.2) is 42.5 Å². The van der Waals surface area contributed by atoms with Gasteiger partial charge in [-0.2, -0.15) is 0 Å². The molecule has 0 radical (unpaired) electrons. The quantitative estimate of drug-likeness (QED) is 0.703. The fourth-order valence-electron chi connectivity index (χ4n) is 2.56. The van der Waals surface area contributed by atoms with Crippen LogP contribution in [-0.2, 0) is 0 Å². The number of nitrogens with zero attached hydrogens (tertiary/aromatic N) is 1. The smallest absolute Gasteiger partial charge is 0.114 e. The highest BCUT2D eigenvalue weighted by Gasteiger charge is 2.17. The second-order valence-electron chi connectivity index (χ2n) is 4.88. The predicted molar refractivity (Wildman–Crippen MR) is 84.1 cm³/mol. The second-order valence-corrected chi connectivity index (χ2v) is 5.32. The first-order valence-electron chi connectivity index (χ1n) is 6.68. The van der Waals surface area contributed by atoms with E-state index in [0.717, 1.165) is 23.3 Å². The molecular formula is C16H16ClN3. The maximum Gasteiger partial charge on any atom is 0.114 e. The summed E-state index contributed by atoms with van der Waals surface area (Å²) < 4.78 is 0. The largest absolute Gasteiger partial charge is 0.397 e. The van der Waals surface area contributed by atoms with Crippen LogP contribution in [0.25, 0.3) is 11.0 Å². The third kappa shape index (κ3) is 2.25. The van der Waals surface area contributed by atoms with Crippen LogP contribution in [0.3, 0.4) is 0 Å². The summed E-state index contributed by atoms with van der Waals surface area (Å²) in [6.45, 7) is 2.15. The molecule has 3 rings (SSSR count). The van der Waals surface area contributed by atoms with E-state index in [1.807, 2.05) is 24.3 Å². The highest BCUT2D eigenvalue weighted by Crippen LogP contribution is 2.30. The van der Waals surface area contributed by atoms with Crippen LogP contribution in [0, 0.1) is 0 Å². The molecule has 3 nitrogen and oxygen atoms in total. The highest BCUT2D eigenvalue weighted by atomic mass is 35.5. The standard InChI is InChI=1S/C16H16ClN3/c1-2-12(10-6-4-3-5-7-10)16-19-14-9-11(17)8-13(18)15(14)20-16/h3-9,12H,2,18H2,1H3,(H,19,20). The molecule has 0 fully saturated rings. The van der Waals surface area contributed by atoms with E-state index in [1.54, 1.807) is 6.07 Å². The molecule has 1 aromatic heterocycles. The van der Waals surface area contributed by atoms with E-state index < -0.39 is 0 Å². The van der Waals surface area contributed by atoms with Gasteiger partial charge in [-0.3, -0.25) is 0 Å². The fraction of sp³-hybridized carbons (Fsp3) is 0.188. The van der Waals surface area contributed by atoms with Gasteiger partial charge in [0.1, 0.15) is 11.3 Å². The molecule has 0 aliphatic rings. The van der Waals surface area contributed by atoms with E-state index in [0.29, 0.717) is 10.7 Å². The van der Waals surface area contributed by atoms with Crippen molar-refractivity contribution < 1.29 is 0 Å². The Kier molecular flexibility index (Phi) is 3.36. The monoisotopic (exact) mass is 285 g/mol. The lowest BCUT2D eigenvalue weighted by Gasteiger charge is -2.12. The number of imidazole rings is 1. The number of hydrogen-bond acceptors (Lipinski definition) is 2. The first-order valence-corrected chi connectivity index (χ1v) is 7.06. The summed E-state index contributed by atoms with van der Waals surface area (Å²) in [5, 5.41) is 0.623. The van der Waals surface area contributed by atoms with Gasteiger partial charge >= 0.3 is 0 Å². The Morgan fingerprint density at radius 1 is 1.25 bits per heavy atom. The minimum absolute atomic E-state index is 0.238. The first-order chi connectivity index (χ1) is 9.69. The number of fused-ring (bicyclic) bond motifs is 1. The first kappa shape index (κ1) is 13.0. The van der Waals surface area contributed by atoms with Gasteiger partial charge in [-0.05, 0) is 24.1 Å². The number of nitrogens with two attached hydrogens (primary N) is 1. The lowest BCUT2D eigenvalue weighted by molar-refractivity contribution is 0.732. The highest BCUT2D eigenvalue weighted by molar-refractivity contribution is 6.31. The molecule has 0 bridgehead atoms. The molecule has 0 aliphatic carbocycles. The van der Waals surface area contributed by atoms with E-state index in [2.05, 4.69) is 29.0 Å². The molecule has 1 heterocycles. The molecule has 0 saturated carbocycles. The van der Waals surface area contributed by atoms with E-state index >= 15 is 0 Å². The van der Waals surface area contributed by atoms with Crippen molar-refractivity contribution in [2.75, 3.05) is 5.73 Å². The number of rotatable bonds is 3. The predicted octanol–water partition coefficient (Wildman–Crippen LogP) is 4.34. The van der Waals surface area contributed by atoms with Gasteiger partial charge < -0.3 is 10.7 Å². The Labute approximate surface area is 122 Å². The molecule has 0 spiro atoms. The van der Waals surface area contributed by atoms with Crippen molar-refractivity contribution in [2.45, 2.75) is 19.3 Å². The van der Waals surface area contributed by atoms with Crippen molar-refractivity contribution >= 4 is 28.3 Å². The zero-order valence-corrected chi connectivity index (χ0v) is 12.0. The molecule has 0 saturated heterocycles. The van der Waals surface area contributed by atoms with Crippen LogP contribution in [0.4, 0.5) is 5.69 Å². The summed E-state index contributed by atoms with van der Waals surface area (Å²) in [5.74, 6) is 1.17. The Bertz CT molecular complexity index is 734. The number of halogens is 1. The Morgan fingerprint density at radius 3 is 2.70 bits per heavy atom. The molecule has 4 heteroatoms. The van der Waals surface area contributed by atoms with E-state index in [4.69, 9.17) is 17.3 Å². The summed E-state index contributed by atoms with van der Waals surface area (Å²) in [5.41, 5.74) is 9.52. The van der Waals surface area contributed by atoms with E-state index in [9.17, 15) is 0 Å². The molecule has 0 aliphatic heterocycles. The minimum Gasteiger partial charge on any atom is -0.397 e. The third-order valence-electron chi connectivity index (χ3n) is 3.54. The summed E-state index contributed by atoms with van der Waals surface area (Å²) >= 11 is 6.04. The van der Waals surface area contributed by atoms with Gasteiger partial charge in [-0.25, -0.2) is 4.98 Å². The summed E-state index contributed by atoms with van der Waals surface area (Å²) in [4.78, 5) is 8.01. The van der Waals surface area contributed by atoms with Crippen LogP contribution in [-0.4, -0.2) is 9.97 Å². The van der Waals surface area contributed by atoms with Gasteiger partial charge in [0.15, 0.2) is 0 Å². The van der Waals surface area contributed by atoms with Gasteiger partial charge in [0, 0.05) is 10.9 Å². The number of nitrogen functional groups attached to an aromatic ring is 1. The Hall–Kier alpha value is -2.00. The van der Waals surface area contributed by atoms with Gasteiger partial charge in [-0.1, -0.05) is 48.9 Å². The van der Waals surface area contributed by atoms with Crippen molar-refractivity contribution in [3.05, 3.63) is 58.9 Å². The molecule has 20 heavy (non-hydrogen) atoms. The average molecular weight is 286 g/mol. The van der Waals surface area contributed by atoms with Crippen molar-refractivity contribution in [3.63, 3.8) is 0 Å². The van der Waals surface area contributed by atoms with E-state index in [1.165, 1.54) is 5.56 Å². The van der Waals surface area contributed by atoms with Crippen LogP contribution in [0.5, 0.6) is 0 Å². The zero-order chi connectivity index (χ0) is 14.1. The maximum absolute atomic E-state index is 6.04. The van der Waals surface area contributed by atoms with Crippen LogP contribution >= 0.6 is 11.6 Å². The maximum atomic E-state index is 6.04. The van der Waals surface area contributed by atoms with Crippen molar-refractivity contribution in [3.8, 4) is 0 Å². The van der Waals surface area contributed by atoms with Crippen LogP contribution in [0.2, 0.25) is 5.02 Å². The molecule has 0 amide bonds. The molecule has 2 aromatic carbocycles. The molecule has 102 valence electrons. The fourth-order valence-corrected chi connectivity index (χ4v) is 2.79. The molecule has 1 unspecified atom stereocenters. The lowest BCUT2D eigenvalue weighted by atomic mass is 9.96.